The van der Waals surface area contributed by atoms with Gasteiger partial charge in [-0.3, -0.25) is 4.79 Å². The van der Waals surface area contributed by atoms with Crippen LogP contribution in [0, 0.1) is 0 Å². The van der Waals surface area contributed by atoms with Crippen molar-refractivity contribution in [1.82, 2.24) is 0 Å². The first kappa shape index (κ1) is 10.2. The van der Waals surface area contributed by atoms with Gasteiger partial charge in [-0.05, 0) is 37.3 Å². The van der Waals surface area contributed by atoms with Gasteiger partial charge in [0.1, 0.15) is 0 Å². The second-order valence-corrected chi connectivity index (χ2v) is 4.11. The zero-order valence-corrected chi connectivity index (χ0v) is 9.03. The Hall–Kier alpha value is -1.31. The predicted molar refractivity (Wildman–Crippen MR) is 58.6 cm³/mol. The Morgan fingerprint density at radius 3 is 2.53 bits per heavy atom. The number of fused-ring (bicyclic) bond motifs is 1. The molecule has 1 heterocycles. The molecule has 1 aromatic rings. The topological polar surface area (TPSA) is 26.3 Å². The molecule has 1 aliphatic rings. The summed E-state index contributed by atoms with van der Waals surface area (Å²) < 4.78 is 5.26. The van der Waals surface area contributed by atoms with Crippen molar-refractivity contribution in [3.05, 3.63) is 35.4 Å². The van der Waals surface area contributed by atoms with Crippen molar-refractivity contribution >= 4 is 5.97 Å². The van der Waals surface area contributed by atoms with Crippen molar-refractivity contribution in [2.24, 2.45) is 0 Å². The highest BCUT2D eigenvalue weighted by Gasteiger charge is 2.14. The fourth-order valence-electron chi connectivity index (χ4n) is 1.98. The van der Waals surface area contributed by atoms with Gasteiger partial charge in [-0.15, -0.1) is 0 Å². The molecule has 0 aliphatic carbocycles. The van der Waals surface area contributed by atoms with Crippen LogP contribution in [0.5, 0.6) is 0 Å². The SMILES string of the molecule is CC1CCc2ccccc2CCC(=O)O1. The molecule has 2 nitrogen and oxygen atoms in total. The lowest BCUT2D eigenvalue weighted by atomic mass is 9.99. The van der Waals surface area contributed by atoms with Crippen molar-refractivity contribution in [1.29, 1.82) is 0 Å². The van der Waals surface area contributed by atoms with Crippen LogP contribution in [-0.4, -0.2) is 12.1 Å². The molecule has 0 N–H and O–H groups in total. The summed E-state index contributed by atoms with van der Waals surface area (Å²) in [4.78, 5) is 11.4. The Morgan fingerprint density at radius 2 is 1.80 bits per heavy atom. The lowest BCUT2D eigenvalue weighted by Gasteiger charge is -2.10. The molecule has 0 saturated carbocycles. The third-order valence-corrected chi connectivity index (χ3v) is 2.87. The molecule has 80 valence electrons. The minimum atomic E-state index is -0.0702. The van der Waals surface area contributed by atoms with Crippen LogP contribution in [0.3, 0.4) is 0 Å². The van der Waals surface area contributed by atoms with Gasteiger partial charge >= 0.3 is 5.97 Å². The van der Waals surface area contributed by atoms with Crippen LogP contribution < -0.4 is 0 Å². The summed E-state index contributed by atoms with van der Waals surface area (Å²) in [6.07, 6.45) is 3.28. The zero-order valence-electron chi connectivity index (χ0n) is 9.03. The van der Waals surface area contributed by atoms with Gasteiger partial charge in [0, 0.05) is 6.42 Å². The summed E-state index contributed by atoms with van der Waals surface area (Å²) in [5.41, 5.74) is 2.66. The van der Waals surface area contributed by atoms with Gasteiger partial charge < -0.3 is 4.74 Å². The predicted octanol–water partition coefficient (Wildman–Crippen LogP) is 2.50. The van der Waals surface area contributed by atoms with Crippen molar-refractivity contribution in [3.63, 3.8) is 0 Å². The molecule has 0 saturated heterocycles. The quantitative estimate of drug-likeness (QED) is 0.607. The molecule has 2 rings (SSSR count). The van der Waals surface area contributed by atoms with Crippen LogP contribution >= 0.6 is 0 Å². The van der Waals surface area contributed by atoms with Crippen LogP contribution in [0.25, 0.3) is 0 Å². The highest BCUT2D eigenvalue weighted by Crippen LogP contribution is 2.17. The highest BCUT2D eigenvalue weighted by atomic mass is 16.5. The molecule has 1 aliphatic heterocycles. The summed E-state index contributed by atoms with van der Waals surface area (Å²) in [6.45, 7) is 1.96. The van der Waals surface area contributed by atoms with Gasteiger partial charge in [0.25, 0.3) is 0 Å². The molecule has 0 radical (unpaired) electrons. The maximum Gasteiger partial charge on any atom is 0.306 e. The van der Waals surface area contributed by atoms with E-state index >= 15 is 0 Å². The minimum Gasteiger partial charge on any atom is -0.463 e. The van der Waals surface area contributed by atoms with E-state index in [0.29, 0.717) is 6.42 Å². The molecular weight excluding hydrogens is 188 g/mol. The Morgan fingerprint density at radius 1 is 1.13 bits per heavy atom. The summed E-state index contributed by atoms with van der Waals surface area (Å²) >= 11 is 0. The molecule has 1 aromatic carbocycles. The van der Waals surface area contributed by atoms with Crippen molar-refractivity contribution in [3.8, 4) is 0 Å². The van der Waals surface area contributed by atoms with Gasteiger partial charge in [0.15, 0.2) is 0 Å². The normalized spacial score (nSPS) is 21.9. The molecule has 0 bridgehead atoms. The number of aryl methyl sites for hydroxylation is 2. The van der Waals surface area contributed by atoms with Crippen LogP contribution in [0.2, 0.25) is 0 Å². The van der Waals surface area contributed by atoms with Crippen molar-refractivity contribution in [2.75, 3.05) is 0 Å². The molecule has 15 heavy (non-hydrogen) atoms. The van der Waals surface area contributed by atoms with E-state index in [1.54, 1.807) is 0 Å². The third kappa shape index (κ3) is 2.58. The van der Waals surface area contributed by atoms with E-state index in [2.05, 4.69) is 18.2 Å². The molecule has 0 amide bonds. The van der Waals surface area contributed by atoms with E-state index in [9.17, 15) is 4.79 Å². The van der Waals surface area contributed by atoms with Crippen molar-refractivity contribution < 1.29 is 9.53 Å². The standard InChI is InChI=1S/C13H16O2/c1-10-6-7-11-4-2-3-5-12(11)8-9-13(14)15-10/h2-5,10H,6-9H2,1H3. The van der Waals surface area contributed by atoms with E-state index in [4.69, 9.17) is 4.74 Å². The van der Waals surface area contributed by atoms with Gasteiger partial charge in [0.2, 0.25) is 0 Å². The maximum atomic E-state index is 11.4. The number of esters is 1. The molecular formula is C13H16O2. The molecule has 1 unspecified atom stereocenters. The second kappa shape index (κ2) is 4.47. The number of hydrogen-bond donors (Lipinski definition) is 0. The number of hydrogen-bond acceptors (Lipinski definition) is 2. The first-order valence-corrected chi connectivity index (χ1v) is 5.52. The number of cyclic esters (lactones) is 1. The van der Waals surface area contributed by atoms with Gasteiger partial charge in [0.05, 0.1) is 6.10 Å². The van der Waals surface area contributed by atoms with E-state index < -0.39 is 0 Å². The van der Waals surface area contributed by atoms with Crippen LogP contribution in [-0.2, 0) is 22.4 Å². The lowest BCUT2D eigenvalue weighted by molar-refractivity contribution is -0.148. The third-order valence-electron chi connectivity index (χ3n) is 2.87. The fourth-order valence-corrected chi connectivity index (χ4v) is 1.98. The molecule has 0 spiro atoms. The monoisotopic (exact) mass is 204 g/mol. The molecule has 0 aromatic heterocycles. The van der Waals surface area contributed by atoms with Gasteiger partial charge in [-0.2, -0.15) is 0 Å². The van der Waals surface area contributed by atoms with Crippen LogP contribution in [0.1, 0.15) is 30.9 Å². The number of ether oxygens (including phenoxy) is 1. The smallest absolute Gasteiger partial charge is 0.306 e. The van der Waals surface area contributed by atoms with E-state index in [-0.39, 0.29) is 12.1 Å². The molecule has 1 atom stereocenters. The number of carbonyl (C=O) groups is 1. The Bertz CT molecular complexity index is 357. The largest absolute Gasteiger partial charge is 0.463 e. The first-order valence-electron chi connectivity index (χ1n) is 5.52. The molecule has 2 heteroatoms. The summed E-state index contributed by atoms with van der Waals surface area (Å²) in [7, 11) is 0. The van der Waals surface area contributed by atoms with Gasteiger partial charge in [-0.25, -0.2) is 0 Å². The number of carbonyl (C=O) groups excluding carboxylic acids is 1. The first-order chi connectivity index (χ1) is 7.25. The van der Waals surface area contributed by atoms with Gasteiger partial charge in [-0.1, -0.05) is 24.3 Å². The summed E-state index contributed by atoms with van der Waals surface area (Å²) in [6, 6.07) is 8.35. The second-order valence-electron chi connectivity index (χ2n) is 4.11. The zero-order chi connectivity index (χ0) is 10.7. The van der Waals surface area contributed by atoms with Crippen LogP contribution in [0.15, 0.2) is 24.3 Å². The van der Waals surface area contributed by atoms with E-state index in [1.165, 1.54) is 11.1 Å². The number of rotatable bonds is 0. The van der Waals surface area contributed by atoms with Crippen molar-refractivity contribution in [2.45, 2.75) is 38.7 Å². The van der Waals surface area contributed by atoms with E-state index in [0.717, 1.165) is 19.3 Å². The lowest BCUT2D eigenvalue weighted by Crippen LogP contribution is -2.14. The Balaban J connectivity index is 2.22. The highest BCUT2D eigenvalue weighted by molar-refractivity contribution is 5.70. The minimum absolute atomic E-state index is 0.0451. The number of benzene rings is 1. The Labute approximate surface area is 90.3 Å². The molecule has 0 fully saturated rings. The summed E-state index contributed by atoms with van der Waals surface area (Å²) in [5.74, 6) is -0.0702. The Kier molecular flexibility index (Phi) is 3.05. The summed E-state index contributed by atoms with van der Waals surface area (Å²) in [5, 5.41) is 0. The van der Waals surface area contributed by atoms with E-state index in [1.807, 2.05) is 13.0 Å². The maximum absolute atomic E-state index is 11.4. The fraction of sp³-hybridized carbons (Fsp3) is 0.462. The van der Waals surface area contributed by atoms with Crippen LogP contribution in [0.4, 0.5) is 0 Å². The average Bonchev–Trinajstić information content (AvgIpc) is 2.30. The average molecular weight is 204 g/mol.